The molecule has 2 aromatic heterocycles. The average Bonchev–Trinajstić information content (AvgIpc) is 3.51. The van der Waals surface area contributed by atoms with Crippen LogP contribution in [0.2, 0.25) is 10.0 Å². The number of thiocarbonyl (C=S) groups is 1. The molecule has 37 heavy (non-hydrogen) atoms. The van der Waals surface area contributed by atoms with Gasteiger partial charge >= 0.3 is 0 Å². The number of nitrogens with one attached hydrogen (secondary N) is 2. The van der Waals surface area contributed by atoms with Crippen molar-refractivity contribution in [2.24, 2.45) is 5.92 Å². The van der Waals surface area contributed by atoms with Crippen molar-refractivity contribution in [3.05, 3.63) is 100 Å². The maximum absolute atomic E-state index is 12.2. The third-order valence-corrected chi connectivity index (χ3v) is 7.04. The van der Waals surface area contributed by atoms with Crippen molar-refractivity contribution in [3.8, 4) is 11.3 Å². The van der Waals surface area contributed by atoms with Gasteiger partial charge in [-0.25, -0.2) is 0 Å². The molecule has 2 aromatic carbocycles. The fourth-order valence-corrected chi connectivity index (χ4v) is 4.93. The monoisotopic (exact) mass is 550 g/mol. The lowest BCUT2D eigenvalue weighted by molar-refractivity contribution is -0.118. The first-order chi connectivity index (χ1) is 17.8. The van der Waals surface area contributed by atoms with Gasteiger partial charge in [-0.3, -0.25) is 9.78 Å². The Hall–Kier alpha value is -3.39. The van der Waals surface area contributed by atoms with Crippen LogP contribution in [0, 0.1) is 5.92 Å². The first kappa shape index (κ1) is 25.3. The second-order valence-electron chi connectivity index (χ2n) is 9.01. The van der Waals surface area contributed by atoms with Gasteiger partial charge in [0.1, 0.15) is 17.6 Å². The molecule has 1 aliphatic rings. The fourth-order valence-electron chi connectivity index (χ4n) is 4.24. The predicted octanol–water partition coefficient (Wildman–Crippen LogP) is 7.42. The molecule has 9 heteroatoms. The summed E-state index contributed by atoms with van der Waals surface area (Å²) in [4.78, 5) is 18.7. The molecule has 0 saturated carbocycles. The molecule has 2 N–H and O–H groups in total. The highest BCUT2D eigenvalue weighted by Crippen LogP contribution is 2.44. The van der Waals surface area contributed by atoms with Gasteiger partial charge < -0.3 is 20.0 Å². The highest BCUT2D eigenvalue weighted by Gasteiger charge is 2.42. The van der Waals surface area contributed by atoms with Crippen LogP contribution in [0.4, 0.5) is 11.4 Å². The molecule has 0 unspecified atom stereocenters. The van der Waals surface area contributed by atoms with Crippen molar-refractivity contribution < 1.29 is 9.21 Å². The van der Waals surface area contributed by atoms with E-state index in [1.165, 1.54) is 0 Å². The maximum Gasteiger partial charge on any atom is 0.226 e. The van der Waals surface area contributed by atoms with Gasteiger partial charge in [-0.15, -0.1) is 0 Å². The SMILES string of the molecule is CC(C)C(=O)Nc1ccc(N2C(=S)N[C@@H](c3ccccn3)[C@@H]2c2ccc(-c3ccc(Cl)cc3)o2)cc1Cl. The number of anilines is 2. The third kappa shape index (κ3) is 5.21. The van der Waals surface area contributed by atoms with E-state index in [2.05, 4.69) is 15.6 Å². The lowest BCUT2D eigenvalue weighted by Crippen LogP contribution is -2.29. The van der Waals surface area contributed by atoms with Crippen molar-refractivity contribution in [3.63, 3.8) is 0 Å². The van der Waals surface area contributed by atoms with E-state index >= 15 is 0 Å². The maximum atomic E-state index is 12.2. The predicted molar refractivity (Wildman–Crippen MR) is 152 cm³/mol. The van der Waals surface area contributed by atoms with E-state index in [9.17, 15) is 4.79 Å². The quantitative estimate of drug-likeness (QED) is 0.243. The number of nitrogens with zero attached hydrogens (tertiary/aromatic N) is 2. The summed E-state index contributed by atoms with van der Waals surface area (Å²) in [6, 6.07) is 22.0. The van der Waals surface area contributed by atoms with E-state index < -0.39 is 0 Å². The van der Waals surface area contributed by atoms with Gasteiger partial charge in [0.25, 0.3) is 0 Å². The van der Waals surface area contributed by atoms with Gasteiger partial charge in [-0.2, -0.15) is 0 Å². The van der Waals surface area contributed by atoms with Gasteiger partial charge in [0.05, 0.1) is 22.4 Å². The lowest BCUT2D eigenvalue weighted by atomic mass is 10.0. The number of aromatic nitrogens is 1. The minimum atomic E-state index is -0.337. The Morgan fingerprint density at radius 3 is 2.54 bits per heavy atom. The summed E-state index contributed by atoms with van der Waals surface area (Å²) in [5, 5.41) is 7.86. The number of pyridine rings is 1. The number of carbonyl (C=O) groups excluding carboxylic acids is 1. The molecule has 1 aliphatic heterocycles. The molecule has 4 aromatic rings. The van der Waals surface area contributed by atoms with Crippen LogP contribution in [0.15, 0.2) is 83.4 Å². The summed E-state index contributed by atoms with van der Waals surface area (Å²) in [7, 11) is 0. The van der Waals surface area contributed by atoms with E-state index in [1.54, 1.807) is 18.3 Å². The van der Waals surface area contributed by atoms with Crippen molar-refractivity contribution in [2.45, 2.75) is 25.9 Å². The van der Waals surface area contributed by atoms with Crippen LogP contribution in [0.5, 0.6) is 0 Å². The lowest BCUT2D eigenvalue weighted by Gasteiger charge is -2.26. The molecule has 0 spiro atoms. The molecular weight excluding hydrogens is 527 g/mol. The minimum Gasteiger partial charge on any atom is -0.459 e. The summed E-state index contributed by atoms with van der Waals surface area (Å²) < 4.78 is 6.38. The Morgan fingerprint density at radius 1 is 1.08 bits per heavy atom. The summed E-state index contributed by atoms with van der Waals surface area (Å²) in [5.74, 6) is 1.16. The molecule has 1 fully saturated rings. The first-order valence-electron chi connectivity index (χ1n) is 11.8. The average molecular weight is 551 g/mol. The zero-order chi connectivity index (χ0) is 26.1. The molecule has 1 saturated heterocycles. The number of carbonyl (C=O) groups is 1. The number of hydrogen-bond donors (Lipinski definition) is 2. The largest absolute Gasteiger partial charge is 0.459 e. The molecule has 1 amide bonds. The van der Waals surface area contributed by atoms with Crippen molar-refractivity contribution in [1.82, 2.24) is 10.3 Å². The van der Waals surface area contributed by atoms with Gasteiger partial charge in [-0.1, -0.05) is 43.1 Å². The van der Waals surface area contributed by atoms with Crippen LogP contribution in [0.1, 0.15) is 37.4 Å². The van der Waals surface area contributed by atoms with Crippen molar-refractivity contribution in [1.29, 1.82) is 0 Å². The van der Waals surface area contributed by atoms with Crippen molar-refractivity contribution >= 4 is 57.8 Å². The van der Waals surface area contributed by atoms with Crippen LogP contribution in [-0.4, -0.2) is 16.0 Å². The Labute approximate surface area is 230 Å². The van der Waals surface area contributed by atoms with Crippen LogP contribution in [-0.2, 0) is 4.79 Å². The molecular formula is C28H24Cl2N4O2S. The Kier molecular flexibility index (Phi) is 7.20. The highest BCUT2D eigenvalue weighted by molar-refractivity contribution is 7.80. The summed E-state index contributed by atoms with van der Waals surface area (Å²) in [6.45, 7) is 3.66. The highest BCUT2D eigenvalue weighted by atomic mass is 35.5. The zero-order valence-corrected chi connectivity index (χ0v) is 22.4. The second-order valence-corrected chi connectivity index (χ2v) is 10.2. The number of furan rings is 1. The Morgan fingerprint density at radius 2 is 1.86 bits per heavy atom. The molecule has 2 atom stereocenters. The van der Waals surface area contributed by atoms with Gasteiger partial charge in [-0.05, 0) is 78.9 Å². The van der Waals surface area contributed by atoms with E-state index in [0.717, 1.165) is 16.9 Å². The van der Waals surface area contributed by atoms with Gasteiger partial charge in [0.15, 0.2) is 5.11 Å². The van der Waals surface area contributed by atoms with Crippen LogP contribution >= 0.6 is 35.4 Å². The number of benzene rings is 2. The number of hydrogen-bond acceptors (Lipinski definition) is 4. The Bertz CT molecular complexity index is 1440. The van der Waals surface area contributed by atoms with Gasteiger partial charge in [0, 0.05) is 28.4 Å². The van der Waals surface area contributed by atoms with Crippen LogP contribution in [0.25, 0.3) is 11.3 Å². The number of rotatable bonds is 6. The van der Waals surface area contributed by atoms with Crippen molar-refractivity contribution in [2.75, 3.05) is 10.2 Å². The standard InChI is InChI=1S/C28H24Cl2N4O2S/c1-16(2)27(35)32-21-11-10-19(15-20(21)30)34-26(25(33-28(34)37)22-5-3-4-14-31-22)24-13-12-23(36-24)17-6-8-18(29)9-7-17/h3-16,25-26H,1-2H3,(H,32,35)(H,33,37)/t25-,26-/m0/s1. The molecule has 0 bridgehead atoms. The molecule has 3 heterocycles. The molecule has 0 radical (unpaired) electrons. The minimum absolute atomic E-state index is 0.105. The number of amides is 1. The summed E-state index contributed by atoms with van der Waals surface area (Å²) >= 11 is 18.5. The van der Waals surface area contributed by atoms with Gasteiger partial charge in [0.2, 0.25) is 5.91 Å². The van der Waals surface area contributed by atoms with E-state index in [1.807, 2.05) is 79.4 Å². The normalized spacial score (nSPS) is 17.2. The van der Waals surface area contributed by atoms with E-state index in [4.69, 9.17) is 39.8 Å². The summed E-state index contributed by atoms with van der Waals surface area (Å²) in [5.41, 5.74) is 3.05. The number of halogens is 2. The third-order valence-electron chi connectivity index (χ3n) is 6.16. The first-order valence-corrected chi connectivity index (χ1v) is 12.9. The van der Waals surface area contributed by atoms with Crippen LogP contribution in [0.3, 0.4) is 0 Å². The topological polar surface area (TPSA) is 70.4 Å². The summed E-state index contributed by atoms with van der Waals surface area (Å²) in [6.07, 6.45) is 1.75. The fraction of sp³-hybridized carbons (Fsp3) is 0.179. The molecule has 5 rings (SSSR count). The van der Waals surface area contributed by atoms with E-state index in [-0.39, 0.29) is 23.9 Å². The van der Waals surface area contributed by atoms with E-state index in [0.29, 0.717) is 32.4 Å². The molecule has 188 valence electrons. The molecule has 6 nitrogen and oxygen atoms in total. The Balaban J connectivity index is 1.54. The van der Waals surface area contributed by atoms with Crippen LogP contribution < -0.4 is 15.5 Å². The second kappa shape index (κ2) is 10.5. The smallest absolute Gasteiger partial charge is 0.226 e. The molecule has 0 aliphatic carbocycles. The zero-order valence-electron chi connectivity index (χ0n) is 20.1.